The van der Waals surface area contributed by atoms with E-state index in [9.17, 15) is 0 Å². The average Bonchev–Trinajstić information content (AvgIpc) is 2.93. The number of hydrogen-bond donors (Lipinski definition) is 1. The molecule has 1 aliphatic carbocycles. The third-order valence-electron chi connectivity index (χ3n) is 7.68. The molecular formula is C30H44N2. The van der Waals surface area contributed by atoms with Crippen molar-refractivity contribution in [1.82, 2.24) is 5.32 Å². The summed E-state index contributed by atoms with van der Waals surface area (Å²) in [6, 6.07) is 10.6. The summed E-state index contributed by atoms with van der Waals surface area (Å²) < 4.78 is 0. The van der Waals surface area contributed by atoms with Gasteiger partial charge in [-0.15, -0.1) is 0 Å². The molecule has 0 bridgehead atoms. The summed E-state index contributed by atoms with van der Waals surface area (Å²) in [6.07, 6.45) is 13.7. The van der Waals surface area contributed by atoms with E-state index in [1.807, 2.05) is 7.05 Å². The summed E-state index contributed by atoms with van der Waals surface area (Å²) in [5.74, 6) is 0.657. The lowest BCUT2D eigenvalue weighted by Gasteiger charge is -2.37. The lowest BCUT2D eigenvalue weighted by atomic mass is 9.69. The van der Waals surface area contributed by atoms with Gasteiger partial charge in [-0.25, -0.2) is 0 Å². The molecule has 174 valence electrons. The minimum absolute atomic E-state index is 0.409. The molecule has 0 radical (unpaired) electrons. The van der Waals surface area contributed by atoms with Crippen LogP contribution in [0.4, 0.5) is 0 Å². The Labute approximate surface area is 197 Å². The Morgan fingerprint density at radius 1 is 1.16 bits per heavy atom. The van der Waals surface area contributed by atoms with E-state index in [1.165, 1.54) is 73.8 Å². The molecule has 0 aromatic heterocycles. The molecule has 1 spiro atoms. The lowest BCUT2D eigenvalue weighted by molar-refractivity contribution is 0.186. The number of aliphatic imine (C=N–C) groups is 1. The molecule has 0 saturated heterocycles. The molecule has 1 aromatic rings. The quantitative estimate of drug-likeness (QED) is 0.391. The Hall–Kier alpha value is -2.09. The summed E-state index contributed by atoms with van der Waals surface area (Å²) >= 11 is 0. The van der Waals surface area contributed by atoms with Crippen LogP contribution in [0.5, 0.6) is 0 Å². The zero-order chi connectivity index (χ0) is 23.0. The molecule has 1 aromatic carbocycles. The highest BCUT2D eigenvalue weighted by Crippen LogP contribution is 2.45. The fourth-order valence-corrected chi connectivity index (χ4v) is 5.86. The predicted molar refractivity (Wildman–Crippen MR) is 141 cm³/mol. The second-order valence-corrected chi connectivity index (χ2v) is 10.2. The molecule has 1 unspecified atom stereocenters. The maximum absolute atomic E-state index is 4.68. The number of nitrogens with zero attached hydrogens (tertiary/aromatic N) is 1. The zero-order valence-electron chi connectivity index (χ0n) is 20.8. The van der Waals surface area contributed by atoms with Crippen molar-refractivity contribution in [3.05, 3.63) is 65.9 Å². The van der Waals surface area contributed by atoms with Crippen LogP contribution in [0, 0.1) is 11.3 Å². The van der Waals surface area contributed by atoms with Gasteiger partial charge in [0.2, 0.25) is 0 Å². The van der Waals surface area contributed by atoms with Crippen LogP contribution < -0.4 is 5.32 Å². The Kier molecular flexibility index (Phi) is 8.96. The van der Waals surface area contributed by atoms with Crippen LogP contribution in [0.15, 0.2) is 65.3 Å². The van der Waals surface area contributed by atoms with E-state index in [0.29, 0.717) is 11.3 Å². The molecular weight excluding hydrogens is 388 g/mol. The van der Waals surface area contributed by atoms with E-state index in [0.717, 1.165) is 31.5 Å². The average molecular weight is 433 g/mol. The fourth-order valence-electron chi connectivity index (χ4n) is 5.86. The van der Waals surface area contributed by atoms with Gasteiger partial charge in [-0.1, -0.05) is 88.6 Å². The van der Waals surface area contributed by atoms with Crippen molar-refractivity contribution in [1.29, 1.82) is 0 Å². The van der Waals surface area contributed by atoms with Crippen molar-refractivity contribution in [3.8, 4) is 0 Å². The number of nitrogens with one attached hydrogen (secondary N) is 1. The molecule has 2 nitrogen and oxygen atoms in total. The van der Waals surface area contributed by atoms with Gasteiger partial charge in [0.1, 0.15) is 0 Å². The monoisotopic (exact) mass is 432 g/mol. The molecule has 1 saturated carbocycles. The van der Waals surface area contributed by atoms with E-state index in [-0.39, 0.29) is 0 Å². The minimum atomic E-state index is 0.409. The summed E-state index contributed by atoms with van der Waals surface area (Å²) in [4.78, 5) is 4.68. The summed E-state index contributed by atoms with van der Waals surface area (Å²) in [5, 5.41) is 3.74. The van der Waals surface area contributed by atoms with Crippen LogP contribution in [0.1, 0.15) is 90.0 Å². The third kappa shape index (κ3) is 6.24. The van der Waals surface area contributed by atoms with Gasteiger partial charge in [0, 0.05) is 30.6 Å². The summed E-state index contributed by atoms with van der Waals surface area (Å²) in [5.41, 5.74) is 8.23. The largest absolute Gasteiger partial charge is 0.384 e. The molecule has 1 N–H and O–H groups in total. The second kappa shape index (κ2) is 11.7. The highest BCUT2D eigenvalue weighted by molar-refractivity contribution is 6.04. The van der Waals surface area contributed by atoms with Gasteiger partial charge >= 0.3 is 0 Å². The highest BCUT2D eigenvalue weighted by atomic mass is 14.9. The molecule has 1 aliphatic heterocycles. The Bertz CT molecular complexity index is 837. The van der Waals surface area contributed by atoms with E-state index >= 15 is 0 Å². The molecule has 3 rings (SSSR count). The highest BCUT2D eigenvalue weighted by Gasteiger charge is 2.36. The molecule has 0 amide bonds. The first-order chi connectivity index (χ1) is 15.5. The lowest BCUT2D eigenvalue weighted by Crippen LogP contribution is -2.34. The number of allylic oxidation sites excluding steroid dienone is 3. The molecule has 2 aliphatic rings. The van der Waals surface area contributed by atoms with E-state index < -0.39 is 0 Å². The van der Waals surface area contributed by atoms with Gasteiger partial charge in [-0.05, 0) is 67.4 Å². The smallest absolute Gasteiger partial charge is 0.0434 e. The molecule has 1 fully saturated rings. The SMILES string of the molecule is C=C1NCC2(CCCCC2)CC(CC(C)CCCC(=C)c2ccccc2)=C1/C(CC)=N\C. The van der Waals surface area contributed by atoms with Gasteiger partial charge in [-0.3, -0.25) is 4.99 Å². The second-order valence-electron chi connectivity index (χ2n) is 10.2. The van der Waals surface area contributed by atoms with Crippen molar-refractivity contribution >= 4 is 11.3 Å². The first-order valence-corrected chi connectivity index (χ1v) is 12.8. The third-order valence-corrected chi connectivity index (χ3v) is 7.68. The standard InChI is InChI=1S/C30H44N2/c1-6-28(31-5)29-25(4)32-22-30(18-11-8-12-19-30)21-27(29)20-23(2)14-13-15-24(3)26-16-9-7-10-17-26/h7,9-10,16-17,23,32H,3-4,6,8,11-15,18-22H2,1-2,5H3/b31-28-. The van der Waals surface area contributed by atoms with Crippen LogP contribution in [0.2, 0.25) is 0 Å². The van der Waals surface area contributed by atoms with Crippen LogP contribution >= 0.6 is 0 Å². The van der Waals surface area contributed by atoms with Gasteiger partial charge in [0.15, 0.2) is 0 Å². The van der Waals surface area contributed by atoms with Crippen molar-refractivity contribution in [3.63, 3.8) is 0 Å². The van der Waals surface area contributed by atoms with E-state index in [2.05, 4.69) is 67.6 Å². The van der Waals surface area contributed by atoms with Crippen molar-refractivity contribution in [2.24, 2.45) is 16.3 Å². The summed E-state index contributed by atoms with van der Waals surface area (Å²) in [7, 11) is 1.94. The first kappa shape index (κ1) is 24.6. The van der Waals surface area contributed by atoms with Gasteiger partial charge < -0.3 is 5.32 Å². The van der Waals surface area contributed by atoms with Crippen LogP contribution in [-0.2, 0) is 0 Å². The van der Waals surface area contributed by atoms with Crippen LogP contribution in [-0.4, -0.2) is 19.3 Å². The predicted octanol–water partition coefficient (Wildman–Crippen LogP) is 8.13. The van der Waals surface area contributed by atoms with Gasteiger partial charge in [0.25, 0.3) is 0 Å². The van der Waals surface area contributed by atoms with E-state index in [1.54, 1.807) is 5.57 Å². The fraction of sp³-hybridized carbons (Fsp3) is 0.567. The maximum Gasteiger partial charge on any atom is 0.0434 e. The van der Waals surface area contributed by atoms with Gasteiger partial charge in [-0.2, -0.15) is 0 Å². The molecule has 32 heavy (non-hydrogen) atoms. The summed E-state index contributed by atoms with van der Waals surface area (Å²) in [6.45, 7) is 14.5. The zero-order valence-corrected chi connectivity index (χ0v) is 20.8. The number of rotatable bonds is 9. The minimum Gasteiger partial charge on any atom is -0.384 e. The molecule has 1 atom stereocenters. The Balaban J connectivity index is 1.71. The van der Waals surface area contributed by atoms with Crippen LogP contribution in [0.3, 0.4) is 0 Å². The van der Waals surface area contributed by atoms with Crippen molar-refractivity contribution < 1.29 is 0 Å². The topological polar surface area (TPSA) is 24.4 Å². The first-order valence-electron chi connectivity index (χ1n) is 12.8. The Morgan fingerprint density at radius 3 is 2.53 bits per heavy atom. The molecule has 1 heterocycles. The normalized spacial score (nSPS) is 20.1. The number of benzene rings is 1. The van der Waals surface area contributed by atoms with E-state index in [4.69, 9.17) is 0 Å². The number of hydrogen-bond acceptors (Lipinski definition) is 2. The van der Waals surface area contributed by atoms with Gasteiger partial charge in [0.05, 0.1) is 0 Å². The van der Waals surface area contributed by atoms with Crippen molar-refractivity contribution in [2.75, 3.05) is 13.6 Å². The molecule has 2 heteroatoms. The Morgan fingerprint density at radius 2 is 1.88 bits per heavy atom. The van der Waals surface area contributed by atoms with Crippen LogP contribution in [0.25, 0.3) is 5.57 Å². The maximum atomic E-state index is 4.68. The van der Waals surface area contributed by atoms with Crippen molar-refractivity contribution in [2.45, 2.75) is 84.5 Å².